The van der Waals surface area contributed by atoms with Crippen molar-refractivity contribution >= 4 is 5.69 Å². The van der Waals surface area contributed by atoms with Gasteiger partial charge in [0.25, 0.3) is 0 Å². The van der Waals surface area contributed by atoms with E-state index in [1.165, 1.54) is 18.9 Å². The van der Waals surface area contributed by atoms with Crippen LogP contribution >= 0.6 is 0 Å². The van der Waals surface area contributed by atoms with Crippen LogP contribution in [0.25, 0.3) is 0 Å². The highest BCUT2D eigenvalue weighted by molar-refractivity contribution is 5.49. The normalized spacial score (nSPS) is 31.9. The van der Waals surface area contributed by atoms with E-state index in [4.69, 9.17) is 17.2 Å². The quantitative estimate of drug-likeness (QED) is 0.592. The Hall–Kier alpha value is -1.36. The van der Waals surface area contributed by atoms with Gasteiger partial charge in [-0.2, -0.15) is 0 Å². The Morgan fingerprint density at radius 3 is 2.25 bits per heavy atom. The smallest absolute Gasteiger partial charge is 0.160 e. The van der Waals surface area contributed by atoms with Crippen molar-refractivity contribution in [3.63, 3.8) is 0 Å². The summed E-state index contributed by atoms with van der Waals surface area (Å²) in [5.41, 5.74) is 20.8. The Morgan fingerprint density at radius 2 is 1.59 bits per heavy atom. The number of halogens is 2. The summed E-state index contributed by atoms with van der Waals surface area (Å²) < 4.78 is 27.8. The molecular weight excluding hydrogens is 412 g/mol. The number of rotatable bonds is 5. The average Bonchev–Trinajstić information content (AvgIpc) is 3.06. The van der Waals surface area contributed by atoms with Crippen LogP contribution in [0.2, 0.25) is 0 Å². The molecule has 1 aromatic rings. The molecule has 2 heterocycles. The topological polar surface area (TPSA) is 91.0 Å². The number of anilines is 1. The summed E-state index contributed by atoms with van der Waals surface area (Å²) in [6.45, 7) is 4.96. The van der Waals surface area contributed by atoms with Gasteiger partial charge < -0.3 is 10.6 Å². The van der Waals surface area contributed by atoms with Gasteiger partial charge in [0.1, 0.15) is 18.9 Å². The molecule has 0 radical (unpaired) electrons. The summed E-state index contributed by atoms with van der Waals surface area (Å²) in [4.78, 5) is 8.50. The Morgan fingerprint density at radius 1 is 0.875 bits per heavy atom. The highest BCUT2D eigenvalue weighted by atomic mass is 19.2. The molecule has 4 rings (SSSR count). The molecule has 1 aromatic carbocycles. The first-order valence-corrected chi connectivity index (χ1v) is 12.2. The van der Waals surface area contributed by atoms with E-state index in [0.29, 0.717) is 18.3 Å². The number of hydrogen-bond acceptors (Lipinski definition) is 7. The lowest BCUT2D eigenvalue weighted by Gasteiger charge is -2.57. The van der Waals surface area contributed by atoms with Crippen molar-refractivity contribution in [1.29, 1.82) is 0 Å². The van der Waals surface area contributed by atoms with Crippen molar-refractivity contribution in [3.05, 3.63) is 29.8 Å². The van der Waals surface area contributed by atoms with E-state index in [1.54, 1.807) is 11.0 Å². The van der Waals surface area contributed by atoms with Crippen LogP contribution in [0.3, 0.4) is 0 Å². The minimum Gasteiger partial charge on any atom is -0.315 e. The Bertz CT molecular complexity index is 758. The first-order chi connectivity index (χ1) is 15.4. The molecule has 3 aliphatic rings. The standard InChI is InChI=1S/C23H39F2N7/c1-2-29-13-7-10-18(29)15-30-21(26)31(16-8-5-3-4-6-9-16)23(28)32(22(30)27)17-11-12-19(24)20(25)14-17/h11-12,14,16,18,21-23H,2-10,13,15,26-28H2,1H3. The van der Waals surface area contributed by atoms with Crippen molar-refractivity contribution < 1.29 is 8.78 Å². The minimum absolute atomic E-state index is 0.233. The van der Waals surface area contributed by atoms with Crippen molar-refractivity contribution in [3.8, 4) is 0 Å². The van der Waals surface area contributed by atoms with Crippen molar-refractivity contribution in [2.45, 2.75) is 89.2 Å². The molecule has 0 spiro atoms. The fourth-order valence-corrected chi connectivity index (χ4v) is 5.86. The predicted molar refractivity (Wildman–Crippen MR) is 123 cm³/mol. The zero-order valence-electron chi connectivity index (χ0n) is 19.2. The first kappa shape index (κ1) is 23.8. The molecule has 7 nitrogen and oxygen atoms in total. The summed E-state index contributed by atoms with van der Waals surface area (Å²) in [5, 5.41) is 0. The van der Waals surface area contributed by atoms with Crippen LogP contribution in [-0.2, 0) is 0 Å². The molecule has 6 N–H and O–H groups in total. The van der Waals surface area contributed by atoms with Gasteiger partial charge in [0.2, 0.25) is 0 Å². The van der Waals surface area contributed by atoms with Crippen molar-refractivity contribution in [2.75, 3.05) is 24.5 Å². The van der Waals surface area contributed by atoms with Gasteiger partial charge in [-0.3, -0.25) is 16.4 Å². The van der Waals surface area contributed by atoms with Crippen LogP contribution in [0.15, 0.2) is 18.2 Å². The van der Waals surface area contributed by atoms with Crippen LogP contribution in [0.1, 0.15) is 58.3 Å². The second kappa shape index (κ2) is 10.3. The van der Waals surface area contributed by atoms with Crippen LogP contribution in [0.5, 0.6) is 0 Å². The lowest BCUT2D eigenvalue weighted by molar-refractivity contribution is -0.0917. The molecule has 3 fully saturated rings. The lowest BCUT2D eigenvalue weighted by Crippen LogP contribution is -2.80. The second-order valence-electron chi connectivity index (χ2n) is 9.46. The summed E-state index contributed by atoms with van der Waals surface area (Å²) >= 11 is 0. The average molecular weight is 452 g/mol. The van der Waals surface area contributed by atoms with Crippen LogP contribution < -0.4 is 22.1 Å². The van der Waals surface area contributed by atoms with E-state index < -0.39 is 30.5 Å². The monoisotopic (exact) mass is 451 g/mol. The van der Waals surface area contributed by atoms with Gasteiger partial charge in [0.15, 0.2) is 11.6 Å². The molecule has 2 aliphatic heterocycles. The summed E-state index contributed by atoms with van der Waals surface area (Å²) in [6.07, 6.45) is 7.37. The van der Waals surface area contributed by atoms with Crippen molar-refractivity contribution in [1.82, 2.24) is 14.7 Å². The van der Waals surface area contributed by atoms with E-state index in [0.717, 1.165) is 57.7 Å². The van der Waals surface area contributed by atoms with Crippen molar-refractivity contribution in [2.24, 2.45) is 17.2 Å². The maximum absolute atomic E-state index is 14.2. The van der Waals surface area contributed by atoms with E-state index in [2.05, 4.69) is 21.6 Å². The molecule has 0 aromatic heterocycles. The number of nitrogens with zero attached hydrogens (tertiary/aromatic N) is 4. The first-order valence-electron chi connectivity index (χ1n) is 12.2. The molecule has 1 aliphatic carbocycles. The Labute approximate surface area is 190 Å². The summed E-state index contributed by atoms with van der Waals surface area (Å²) in [6, 6.07) is 4.47. The zero-order chi connectivity index (χ0) is 22.8. The molecule has 0 amide bonds. The van der Waals surface area contributed by atoms with E-state index in [9.17, 15) is 8.78 Å². The maximum atomic E-state index is 14.2. The minimum atomic E-state index is -0.905. The van der Waals surface area contributed by atoms with Gasteiger partial charge in [-0.05, 0) is 50.9 Å². The van der Waals surface area contributed by atoms with Crippen LogP contribution in [0, 0.1) is 11.6 Å². The second-order valence-corrected chi connectivity index (χ2v) is 9.46. The Balaban J connectivity index is 1.67. The molecular formula is C23H39F2N7. The highest BCUT2D eigenvalue weighted by Gasteiger charge is 2.46. The molecule has 2 saturated heterocycles. The number of benzene rings is 1. The summed E-state index contributed by atoms with van der Waals surface area (Å²) in [7, 11) is 0. The van der Waals surface area contributed by atoms with E-state index in [-0.39, 0.29) is 6.04 Å². The molecule has 1 saturated carbocycles. The molecule has 9 heteroatoms. The largest absolute Gasteiger partial charge is 0.315 e. The van der Waals surface area contributed by atoms with Crippen LogP contribution in [-0.4, -0.2) is 65.3 Å². The number of likely N-dealkylation sites (tertiary alicyclic amines) is 1. The van der Waals surface area contributed by atoms with Gasteiger partial charge in [-0.1, -0.05) is 32.6 Å². The number of nitrogens with two attached hydrogens (primary N) is 3. The van der Waals surface area contributed by atoms with Crippen LogP contribution in [0.4, 0.5) is 14.5 Å². The zero-order valence-corrected chi connectivity index (χ0v) is 19.2. The molecule has 4 unspecified atom stereocenters. The number of hydrogen-bond donors (Lipinski definition) is 3. The molecule has 0 bridgehead atoms. The highest BCUT2D eigenvalue weighted by Crippen LogP contribution is 2.33. The fraction of sp³-hybridized carbons (Fsp3) is 0.739. The maximum Gasteiger partial charge on any atom is 0.160 e. The molecule has 32 heavy (non-hydrogen) atoms. The third-order valence-corrected chi connectivity index (χ3v) is 7.64. The van der Waals surface area contributed by atoms with Gasteiger partial charge in [0.05, 0.1) is 0 Å². The fourth-order valence-electron chi connectivity index (χ4n) is 5.86. The third-order valence-electron chi connectivity index (χ3n) is 7.64. The predicted octanol–water partition coefficient (Wildman–Crippen LogP) is 2.32. The van der Waals surface area contributed by atoms with E-state index in [1.807, 2.05) is 0 Å². The van der Waals surface area contributed by atoms with Gasteiger partial charge in [0, 0.05) is 30.4 Å². The third kappa shape index (κ3) is 4.64. The molecule has 4 atom stereocenters. The number of likely N-dealkylation sites (N-methyl/N-ethyl adjacent to an activating group) is 1. The van der Waals surface area contributed by atoms with E-state index >= 15 is 0 Å². The molecule has 180 valence electrons. The van der Waals surface area contributed by atoms with Gasteiger partial charge >= 0.3 is 0 Å². The van der Waals surface area contributed by atoms with Gasteiger partial charge in [-0.25, -0.2) is 18.6 Å². The SMILES string of the molecule is CCN1CCCC1CN1C(N)N(c2ccc(F)c(F)c2)C(N)N(C2CCCCCC2)C1N. The lowest BCUT2D eigenvalue weighted by atomic mass is 10.1. The van der Waals surface area contributed by atoms with Gasteiger partial charge in [-0.15, -0.1) is 0 Å². The Kier molecular flexibility index (Phi) is 7.64. The summed E-state index contributed by atoms with van der Waals surface area (Å²) in [5.74, 6) is -1.79.